The average molecular weight is 255 g/mol. The van der Waals surface area contributed by atoms with Crippen LogP contribution >= 0.6 is 0 Å². The monoisotopic (exact) mass is 255 g/mol. The van der Waals surface area contributed by atoms with Crippen molar-refractivity contribution >= 4 is 11.6 Å². The molecule has 18 heavy (non-hydrogen) atoms. The molecular formula is C11H15F2N5. The highest BCUT2D eigenvalue weighted by Gasteiger charge is 2.19. The molecule has 0 amide bonds. The molecule has 0 aromatic carbocycles. The van der Waals surface area contributed by atoms with Crippen LogP contribution in [0.15, 0.2) is 6.07 Å². The van der Waals surface area contributed by atoms with Gasteiger partial charge in [0.25, 0.3) is 0 Å². The maximum absolute atomic E-state index is 13.7. The number of nitrogens with two attached hydrogens (primary N) is 1. The zero-order valence-electron chi connectivity index (χ0n) is 10.2. The summed E-state index contributed by atoms with van der Waals surface area (Å²) in [4.78, 5) is 5.38. The zero-order valence-corrected chi connectivity index (χ0v) is 10.2. The van der Waals surface area contributed by atoms with E-state index in [1.807, 2.05) is 19.9 Å². The molecule has 1 rings (SSSR count). The van der Waals surface area contributed by atoms with Crippen LogP contribution in [0.25, 0.3) is 0 Å². The number of nitrogen functional groups attached to an aromatic ring is 1. The lowest BCUT2D eigenvalue weighted by Gasteiger charge is -2.27. The van der Waals surface area contributed by atoms with Crippen molar-refractivity contribution in [3.8, 4) is 6.07 Å². The van der Waals surface area contributed by atoms with Gasteiger partial charge in [0.15, 0.2) is 23.3 Å². The van der Waals surface area contributed by atoms with Gasteiger partial charge in [-0.05, 0) is 13.8 Å². The summed E-state index contributed by atoms with van der Waals surface area (Å²) in [7, 11) is 0. The second-order valence-electron chi connectivity index (χ2n) is 3.96. The van der Waals surface area contributed by atoms with Gasteiger partial charge in [-0.25, -0.2) is 19.6 Å². The van der Waals surface area contributed by atoms with E-state index in [1.165, 1.54) is 0 Å². The van der Waals surface area contributed by atoms with Crippen molar-refractivity contribution in [2.24, 2.45) is 5.84 Å². The number of halogens is 2. The molecule has 0 aliphatic carbocycles. The smallest absolute Gasteiger partial charge is 0.178 e. The van der Waals surface area contributed by atoms with E-state index in [0.29, 0.717) is 6.54 Å². The third-order valence-corrected chi connectivity index (χ3v) is 2.41. The topological polar surface area (TPSA) is 78.0 Å². The average Bonchev–Trinajstić information content (AvgIpc) is 2.31. The number of hydrogen-bond donors (Lipinski definition) is 2. The summed E-state index contributed by atoms with van der Waals surface area (Å²) in [5.74, 6) is 3.22. The lowest BCUT2D eigenvalue weighted by atomic mass is 10.2. The van der Waals surface area contributed by atoms with E-state index >= 15 is 0 Å². The number of nitrogens with one attached hydrogen (secondary N) is 1. The third kappa shape index (κ3) is 3.05. The van der Waals surface area contributed by atoms with E-state index in [-0.39, 0.29) is 24.1 Å². The number of hydrogen-bond acceptors (Lipinski definition) is 5. The van der Waals surface area contributed by atoms with Gasteiger partial charge >= 0.3 is 0 Å². The molecule has 0 radical (unpaired) electrons. The molecule has 0 bridgehead atoms. The molecule has 0 unspecified atom stereocenters. The first-order chi connectivity index (χ1) is 8.51. The molecule has 0 fully saturated rings. The van der Waals surface area contributed by atoms with E-state index in [9.17, 15) is 8.78 Å². The summed E-state index contributed by atoms with van der Waals surface area (Å²) in [6.07, 6.45) is 0.224. The molecule has 1 aromatic heterocycles. The highest BCUT2D eigenvalue weighted by molar-refractivity contribution is 5.49. The fourth-order valence-electron chi connectivity index (χ4n) is 1.54. The SMILES string of the molecule is CC(C)N(CCC#N)c1nc(NN)c(F)cc1F. The minimum absolute atomic E-state index is 0.0189. The van der Waals surface area contributed by atoms with Gasteiger partial charge in [-0.1, -0.05) is 0 Å². The van der Waals surface area contributed by atoms with Gasteiger partial charge in [-0.3, -0.25) is 0 Å². The highest BCUT2D eigenvalue weighted by atomic mass is 19.1. The Hall–Kier alpha value is -1.94. The molecule has 0 atom stereocenters. The van der Waals surface area contributed by atoms with Gasteiger partial charge in [-0.2, -0.15) is 5.26 Å². The fourth-order valence-corrected chi connectivity index (χ4v) is 1.54. The van der Waals surface area contributed by atoms with E-state index in [2.05, 4.69) is 10.4 Å². The number of rotatable bonds is 5. The lowest BCUT2D eigenvalue weighted by molar-refractivity contribution is 0.560. The minimum atomic E-state index is -0.859. The maximum atomic E-state index is 13.7. The van der Waals surface area contributed by atoms with Crippen LogP contribution in [0.1, 0.15) is 20.3 Å². The second-order valence-corrected chi connectivity index (χ2v) is 3.96. The molecule has 0 spiro atoms. The van der Waals surface area contributed by atoms with Crippen LogP contribution in [0, 0.1) is 23.0 Å². The van der Waals surface area contributed by atoms with Crippen LogP contribution in [-0.4, -0.2) is 17.6 Å². The number of aromatic nitrogens is 1. The van der Waals surface area contributed by atoms with Gasteiger partial charge in [0, 0.05) is 18.7 Å². The van der Waals surface area contributed by atoms with Crippen molar-refractivity contribution < 1.29 is 8.78 Å². The molecular weight excluding hydrogens is 240 g/mol. The number of hydrazine groups is 1. The third-order valence-electron chi connectivity index (χ3n) is 2.41. The van der Waals surface area contributed by atoms with Crippen LogP contribution < -0.4 is 16.2 Å². The first-order valence-electron chi connectivity index (χ1n) is 5.47. The number of anilines is 2. The molecule has 1 heterocycles. The fraction of sp³-hybridized carbons (Fsp3) is 0.455. The van der Waals surface area contributed by atoms with E-state index in [1.54, 1.807) is 4.90 Å². The van der Waals surface area contributed by atoms with Crippen molar-refractivity contribution in [1.29, 1.82) is 5.26 Å². The summed E-state index contributed by atoms with van der Waals surface area (Å²) in [6, 6.07) is 2.62. The maximum Gasteiger partial charge on any atom is 0.178 e. The minimum Gasteiger partial charge on any atom is -0.351 e. The number of pyridine rings is 1. The van der Waals surface area contributed by atoms with Crippen molar-refractivity contribution in [3.63, 3.8) is 0 Å². The molecule has 0 aliphatic rings. The molecule has 5 nitrogen and oxygen atoms in total. The second kappa shape index (κ2) is 6.12. The highest BCUT2D eigenvalue weighted by Crippen LogP contribution is 2.23. The Labute approximate surface area is 104 Å². The van der Waals surface area contributed by atoms with Crippen LogP contribution in [0.3, 0.4) is 0 Å². The number of nitrogens with zero attached hydrogens (tertiary/aromatic N) is 3. The van der Waals surface area contributed by atoms with Gasteiger partial charge < -0.3 is 10.3 Å². The number of nitriles is 1. The predicted molar refractivity (Wildman–Crippen MR) is 64.7 cm³/mol. The molecule has 0 saturated carbocycles. The van der Waals surface area contributed by atoms with Crippen LogP contribution in [0.2, 0.25) is 0 Å². The van der Waals surface area contributed by atoms with Crippen LogP contribution in [0.4, 0.5) is 20.4 Å². The first-order valence-corrected chi connectivity index (χ1v) is 5.47. The Kier molecular flexibility index (Phi) is 4.80. The summed E-state index contributed by atoms with van der Waals surface area (Å²) < 4.78 is 26.9. The van der Waals surface area contributed by atoms with E-state index in [4.69, 9.17) is 11.1 Å². The predicted octanol–water partition coefficient (Wildman–Crippen LogP) is 1.77. The summed E-state index contributed by atoms with van der Waals surface area (Å²) >= 11 is 0. The lowest BCUT2D eigenvalue weighted by Crippen LogP contribution is -2.33. The summed E-state index contributed by atoms with van der Waals surface area (Å²) in [6.45, 7) is 3.97. The van der Waals surface area contributed by atoms with Crippen molar-refractivity contribution in [2.75, 3.05) is 16.9 Å². The first kappa shape index (κ1) is 14.1. The zero-order chi connectivity index (χ0) is 13.7. The summed E-state index contributed by atoms with van der Waals surface area (Å²) in [5.41, 5.74) is 2.07. The van der Waals surface area contributed by atoms with Gasteiger partial charge in [0.2, 0.25) is 0 Å². The van der Waals surface area contributed by atoms with Crippen molar-refractivity contribution in [3.05, 3.63) is 17.7 Å². The molecule has 0 aliphatic heterocycles. The van der Waals surface area contributed by atoms with Gasteiger partial charge in [0.1, 0.15) is 0 Å². The molecule has 1 aromatic rings. The molecule has 98 valence electrons. The Balaban J connectivity index is 3.15. The normalized spacial score (nSPS) is 10.3. The van der Waals surface area contributed by atoms with Crippen LogP contribution in [-0.2, 0) is 0 Å². The molecule has 7 heteroatoms. The van der Waals surface area contributed by atoms with E-state index < -0.39 is 11.6 Å². The Morgan fingerprint density at radius 2 is 2.17 bits per heavy atom. The standard InChI is InChI=1S/C11H15F2N5/c1-7(2)18(5-3-4-14)11-9(13)6-8(12)10(16-11)17-15/h6-7H,3,5,15H2,1-2H3,(H,16,17). The van der Waals surface area contributed by atoms with Crippen LogP contribution in [0.5, 0.6) is 0 Å². The van der Waals surface area contributed by atoms with Crippen molar-refractivity contribution in [2.45, 2.75) is 26.3 Å². The Morgan fingerprint density at radius 3 is 2.67 bits per heavy atom. The Bertz CT molecular complexity index is 455. The summed E-state index contributed by atoms with van der Waals surface area (Å²) in [5, 5.41) is 8.57. The quantitative estimate of drug-likeness (QED) is 0.619. The van der Waals surface area contributed by atoms with Gasteiger partial charge in [0.05, 0.1) is 12.5 Å². The molecule has 0 saturated heterocycles. The van der Waals surface area contributed by atoms with Crippen molar-refractivity contribution in [1.82, 2.24) is 4.98 Å². The van der Waals surface area contributed by atoms with Gasteiger partial charge in [-0.15, -0.1) is 0 Å². The Morgan fingerprint density at radius 1 is 1.50 bits per heavy atom. The van der Waals surface area contributed by atoms with E-state index in [0.717, 1.165) is 6.07 Å². The molecule has 3 N–H and O–H groups in total. The largest absolute Gasteiger partial charge is 0.351 e.